The maximum Gasteiger partial charge on any atom is 0.319 e. The minimum atomic E-state index is -0.352. The topological polar surface area (TPSA) is 67.7 Å². The Morgan fingerprint density at radius 1 is 1.27 bits per heavy atom. The maximum absolute atomic E-state index is 12.3. The van der Waals surface area contributed by atoms with Crippen LogP contribution in [-0.2, 0) is 6.54 Å². The van der Waals surface area contributed by atoms with Gasteiger partial charge in [-0.05, 0) is 45.0 Å². The molecular weight excluding hydrogens is 352 g/mol. The summed E-state index contributed by atoms with van der Waals surface area (Å²) in [5.41, 5.74) is 3.23. The molecule has 136 valence electrons. The van der Waals surface area contributed by atoms with Crippen molar-refractivity contribution < 1.29 is 9.53 Å². The van der Waals surface area contributed by atoms with Crippen LogP contribution in [0.3, 0.4) is 0 Å². The fraction of sp³-hybridized carbons (Fsp3) is 0.263. The second kappa shape index (κ2) is 7.66. The summed E-state index contributed by atoms with van der Waals surface area (Å²) < 4.78 is 7.69. The van der Waals surface area contributed by atoms with Gasteiger partial charge in [-0.2, -0.15) is 0 Å². The van der Waals surface area contributed by atoms with Gasteiger partial charge in [-0.25, -0.2) is 9.78 Å². The highest BCUT2D eigenvalue weighted by Gasteiger charge is 2.13. The number of fused-ring (bicyclic) bond motifs is 1. The van der Waals surface area contributed by atoms with Crippen LogP contribution in [0.25, 0.3) is 5.65 Å². The van der Waals surface area contributed by atoms with Gasteiger partial charge in [0.25, 0.3) is 0 Å². The number of rotatable bonds is 5. The molecule has 2 amide bonds. The molecule has 0 aliphatic carbocycles. The van der Waals surface area contributed by atoms with E-state index in [0.717, 1.165) is 17.0 Å². The number of anilines is 1. The molecule has 6 nitrogen and oxygen atoms in total. The van der Waals surface area contributed by atoms with E-state index in [0.29, 0.717) is 23.0 Å². The molecule has 1 aromatic carbocycles. The molecule has 0 spiro atoms. The molecule has 0 atom stereocenters. The van der Waals surface area contributed by atoms with E-state index in [4.69, 9.17) is 16.3 Å². The number of nitrogens with one attached hydrogen (secondary N) is 2. The monoisotopic (exact) mass is 372 g/mol. The number of halogens is 1. The summed E-state index contributed by atoms with van der Waals surface area (Å²) in [5.74, 6) is 0.461. The number of para-hydroxylation sites is 1. The number of carbonyl (C=O) groups excluding carboxylic acids is 1. The fourth-order valence-corrected chi connectivity index (χ4v) is 2.80. The highest BCUT2D eigenvalue weighted by Crippen LogP contribution is 2.33. The molecule has 2 aromatic heterocycles. The number of hydrogen-bond acceptors (Lipinski definition) is 3. The second-order valence-electron chi connectivity index (χ2n) is 6.22. The summed E-state index contributed by atoms with van der Waals surface area (Å²) in [5, 5.41) is 6.03. The maximum atomic E-state index is 12.3. The minimum absolute atomic E-state index is 0.0558. The zero-order valence-corrected chi connectivity index (χ0v) is 15.7. The van der Waals surface area contributed by atoms with Gasteiger partial charge in [-0.3, -0.25) is 0 Å². The molecule has 3 aromatic rings. The van der Waals surface area contributed by atoms with E-state index < -0.39 is 0 Å². The van der Waals surface area contributed by atoms with Crippen LogP contribution >= 0.6 is 11.6 Å². The third kappa shape index (κ3) is 4.08. The lowest BCUT2D eigenvalue weighted by atomic mass is 10.3. The molecule has 0 saturated heterocycles. The summed E-state index contributed by atoms with van der Waals surface area (Å²) in [6.45, 7) is 6.12. The molecule has 0 aliphatic rings. The normalized spacial score (nSPS) is 11.0. The van der Waals surface area contributed by atoms with Gasteiger partial charge >= 0.3 is 6.03 Å². The number of benzene rings is 1. The number of urea groups is 1. The van der Waals surface area contributed by atoms with Gasteiger partial charge in [0.05, 0.1) is 29.1 Å². The van der Waals surface area contributed by atoms with Crippen molar-refractivity contribution in [2.24, 2.45) is 0 Å². The Morgan fingerprint density at radius 2 is 2.04 bits per heavy atom. The van der Waals surface area contributed by atoms with E-state index in [9.17, 15) is 4.79 Å². The zero-order valence-electron chi connectivity index (χ0n) is 14.9. The van der Waals surface area contributed by atoms with Crippen LogP contribution in [0.4, 0.5) is 10.5 Å². The standard InChI is InChI=1S/C19H21ClN4O2/c1-12(2)26-18-15(20)7-5-8-16(18)23-19(25)21-10-14-11-24-13(3)6-4-9-17(24)22-14/h4-9,11-12H,10H2,1-3H3,(H2,21,23,25). The van der Waals surface area contributed by atoms with Crippen molar-refractivity contribution in [3.63, 3.8) is 0 Å². The van der Waals surface area contributed by atoms with Crippen LogP contribution in [0, 0.1) is 6.92 Å². The Kier molecular flexibility index (Phi) is 5.32. The van der Waals surface area contributed by atoms with Crippen LogP contribution in [0.1, 0.15) is 25.2 Å². The first-order valence-corrected chi connectivity index (χ1v) is 8.75. The molecule has 2 heterocycles. The number of imidazole rings is 1. The van der Waals surface area contributed by atoms with Crippen molar-refractivity contribution in [3.05, 3.63) is 59.0 Å². The third-order valence-electron chi connectivity index (χ3n) is 3.74. The minimum Gasteiger partial charge on any atom is -0.487 e. The van der Waals surface area contributed by atoms with Gasteiger partial charge in [0.1, 0.15) is 5.65 Å². The number of carbonyl (C=O) groups is 1. The van der Waals surface area contributed by atoms with Crippen LogP contribution in [-0.4, -0.2) is 21.5 Å². The molecule has 0 fully saturated rings. The summed E-state index contributed by atoms with van der Waals surface area (Å²) in [7, 11) is 0. The van der Waals surface area contributed by atoms with Crippen LogP contribution in [0.15, 0.2) is 42.6 Å². The first-order chi connectivity index (χ1) is 12.4. The fourth-order valence-electron chi connectivity index (χ4n) is 2.58. The molecular formula is C19H21ClN4O2. The van der Waals surface area contributed by atoms with Crippen molar-refractivity contribution in [3.8, 4) is 5.75 Å². The molecule has 26 heavy (non-hydrogen) atoms. The van der Waals surface area contributed by atoms with Crippen molar-refractivity contribution in [1.82, 2.24) is 14.7 Å². The zero-order chi connectivity index (χ0) is 18.7. The number of hydrogen-bond donors (Lipinski definition) is 2. The summed E-state index contributed by atoms with van der Waals surface area (Å²) in [6.07, 6.45) is 1.86. The number of pyridine rings is 1. The van der Waals surface area contributed by atoms with Gasteiger partial charge in [0, 0.05) is 11.9 Å². The van der Waals surface area contributed by atoms with E-state index >= 15 is 0 Å². The molecule has 0 aliphatic heterocycles. The van der Waals surface area contributed by atoms with Crippen molar-refractivity contribution >= 4 is 29.0 Å². The highest BCUT2D eigenvalue weighted by molar-refractivity contribution is 6.32. The Morgan fingerprint density at radius 3 is 2.77 bits per heavy atom. The smallest absolute Gasteiger partial charge is 0.319 e. The Labute approximate surface area is 157 Å². The van der Waals surface area contributed by atoms with E-state index in [1.165, 1.54) is 0 Å². The lowest BCUT2D eigenvalue weighted by Crippen LogP contribution is -2.28. The van der Waals surface area contributed by atoms with Gasteiger partial charge in [0.2, 0.25) is 0 Å². The number of aromatic nitrogens is 2. The number of amides is 2. The van der Waals surface area contributed by atoms with Gasteiger partial charge in [-0.1, -0.05) is 23.7 Å². The third-order valence-corrected chi connectivity index (χ3v) is 4.04. The molecule has 0 radical (unpaired) electrons. The van der Waals surface area contributed by atoms with Crippen molar-refractivity contribution in [2.75, 3.05) is 5.32 Å². The van der Waals surface area contributed by atoms with Crippen LogP contribution < -0.4 is 15.4 Å². The molecule has 0 saturated carbocycles. The summed E-state index contributed by atoms with van der Waals surface area (Å²) >= 11 is 6.18. The first-order valence-electron chi connectivity index (χ1n) is 8.37. The average molecular weight is 373 g/mol. The largest absolute Gasteiger partial charge is 0.487 e. The van der Waals surface area contributed by atoms with Gasteiger partial charge in [-0.15, -0.1) is 0 Å². The summed E-state index contributed by atoms with van der Waals surface area (Å²) in [4.78, 5) is 16.8. The Hall–Kier alpha value is -2.73. The van der Waals surface area contributed by atoms with E-state index in [-0.39, 0.29) is 12.1 Å². The average Bonchev–Trinajstić information content (AvgIpc) is 3.00. The molecule has 3 rings (SSSR count). The Bertz CT molecular complexity index is 936. The lowest BCUT2D eigenvalue weighted by Gasteiger charge is -2.16. The van der Waals surface area contributed by atoms with E-state index in [1.54, 1.807) is 18.2 Å². The molecule has 0 bridgehead atoms. The predicted molar refractivity (Wildman–Crippen MR) is 103 cm³/mol. The highest BCUT2D eigenvalue weighted by atomic mass is 35.5. The molecule has 2 N–H and O–H groups in total. The lowest BCUT2D eigenvalue weighted by molar-refractivity contribution is 0.242. The van der Waals surface area contributed by atoms with E-state index in [2.05, 4.69) is 15.6 Å². The van der Waals surface area contributed by atoms with Crippen molar-refractivity contribution in [1.29, 1.82) is 0 Å². The van der Waals surface area contributed by atoms with Crippen LogP contribution in [0.5, 0.6) is 5.75 Å². The van der Waals surface area contributed by atoms with Gasteiger partial charge < -0.3 is 19.8 Å². The second-order valence-corrected chi connectivity index (χ2v) is 6.63. The first kappa shape index (κ1) is 18.1. The number of ether oxygens (including phenoxy) is 1. The number of nitrogens with zero attached hydrogens (tertiary/aromatic N) is 2. The summed E-state index contributed by atoms with van der Waals surface area (Å²) in [6, 6.07) is 10.8. The number of aryl methyl sites for hydroxylation is 1. The molecule has 0 unspecified atom stereocenters. The van der Waals surface area contributed by atoms with E-state index in [1.807, 2.05) is 49.6 Å². The molecule has 7 heteroatoms. The van der Waals surface area contributed by atoms with Gasteiger partial charge in [0.15, 0.2) is 5.75 Å². The van der Waals surface area contributed by atoms with Crippen molar-refractivity contribution in [2.45, 2.75) is 33.4 Å². The quantitative estimate of drug-likeness (QED) is 0.697. The predicted octanol–water partition coefficient (Wildman–Crippen LogP) is 4.41. The SMILES string of the molecule is Cc1cccc2nc(CNC(=O)Nc3cccc(Cl)c3OC(C)C)cn12. The Balaban J connectivity index is 1.67. The van der Waals surface area contributed by atoms with Crippen LogP contribution in [0.2, 0.25) is 5.02 Å².